The number of hydrogen-bond acceptors (Lipinski definition) is 0. The Labute approximate surface area is 82.1 Å². The molecule has 1 fully saturated rings. The number of hydrogen-bond donors (Lipinski definition) is 0. The van der Waals surface area contributed by atoms with E-state index in [1.165, 1.54) is 24.8 Å². The van der Waals surface area contributed by atoms with Crippen LogP contribution < -0.4 is 0 Å². The molecule has 0 unspecified atom stereocenters. The summed E-state index contributed by atoms with van der Waals surface area (Å²) in [5.41, 5.74) is 1.50. The number of alkyl halides is 1. The highest BCUT2D eigenvalue weighted by Crippen LogP contribution is 2.38. The van der Waals surface area contributed by atoms with Crippen LogP contribution in [0.25, 0.3) is 0 Å². The summed E-state index contributed by atoms with van der Waals surface area (Å²) < 4.78 is 0. The Hall–Kier alpha value is -0.300. The highest BCUT2D eigenvalue weighted by atomic mass is 79.9. The van der Waals surface area contributed by atoms with Gasteiger partial charge in [-0.05, 0) is 24.3 Å². The average Bonchev–Trinajstić information content (AvgIpc) is 2.53. The maximum Gasteiger partial charge on any atom is 0.0214 e. The highest BCUT2D eigenvalue weighted by Gasteiger charge is 2.25. The Morgan fingerprint density at radius 1 is 1.08 bits per heavy atom. The molecule has 0 spiro atoms. The van der Waals surface area contributed by atoms with Crippen LogP contribution >= 0.6 is 15.9 Å². The summed E-state index contributed by atoms with van der Waals surface area (Å²) in [6, 6.07) is 10.8. The van der Waals surface area contributed by atoms with Gasteiger partial charge in [-0.3, -0.25) is 0 Å². The van der Waals surface area contributed by atoms with Gasteiger partial charge in [0.1, 0.15) is 0 Å². The molecule has 1 saturated carbocycles. The summed E-state index contributed by atoms with van der Waals surface area (Å²) in [6.07, 6.45) is 4.05. The number of halogens is 1. The molecule has 0 N–H and O–H groups in total. The Morgan fingerprint density at radius 3 is 2.42 bits per heavy atom. The largest absolute Gasteiger partial charge is 0.0884 e. The molecular weight excluding hydrogens is 212 g/mol. The summed E-state index contributed by atoms with van der Waals surface area (Å²) >= 11 is 3.74. The molecule has 0 heterocycles. The van der Waals surface area contributed by atoms with Gasteiger partial charge in [-0.25, -0.2) is 0 Å². The minimum Gasteiger partial charge on any atom is -0.0884 e. The van der Waals surface area contributed by atoms with E-state index in [1.807, 2.05) is 0 Å². The molecule has 2 atom stereocenters. The van der Waals surface area contributed by atoms with Crippen LogP contribution in [0.2, 0.25) is 0 Å². The zero-order valence-corrected chi connectivity index (χ0v) is 8.63. The minimum absolute atomic E-state index is 0.708. The van der Waals surface area contributed by atoms with Gasteiger partial charge in [-0.2, -0.15) is 0 Å². The van der Waals surface area contributed by atoms with E-state index in [9.17, 15) is 0 Å². The maximum absolute atomic E-state index is 3.74. The molecule has 1 aromatic rings. The van der Waals surface area contributed by atoms with E-state index in [0.717, 1.165) is 5.92 Å². The van der Waals surface area contributed by atoms with Crippen molar-refractivity contribution in [2.75, 3.05) is 0 Å². The van der Waals surface area contributed by atoms with Gasteiger partial charge in [0.2, 0.25) is 0 Å². The lowest BCUT2D eigenvalue weighted by atomic mass is 9.98. The third kappa shape index (κ3) is 1.56. The van der Waals surface area contributed by atoms with Gasteiger partial charge in [0, 0.05) is 4.83 Å². The van der Waals surface area contributed by atoms with E-state index in [4.69, 9.17) is 0 Å². The molecule has 2 rings (SSSR count). The monoisotopic (exact) mass is 224 g/mol. The minimum atomic E-state index is 0.708. The summed E-state index contributed by atoms with van der Waals surface area (Å²) in [5, 5.41) is 0. The van der Waals surface area contributed by atoms with Gasteiger partial charge in [-0.1, -0.05) is 52.7 Å². The average molecular weight is 225 g/mol. The van der Waals surface area contributed by atoms with Crippen molar-refractivity contribution in [3.8, 4) is 0 Å². The fourth-order valence-electron chi connectivity index (χ4n) is 1.99. The van der Waals surface area contributed by atoms with Crippen molar-refractivity contribution in [1.29, 1.82) is 0 Å². The van der Waals surface area contributed by atoms with E-state index in [-0.39, 0.29) is 0 Å². The molecule has 0 aliphatic heterocycles. The molecular formula is C11H13Br. The van der Waals surface area contributed by atoms with Crippen molar-refractivity contribution in [2.24, 2.45) is 0 Å². The van der Waals surface area contributed by atoms with E-state index < -0.39 is 0 Å². The van der Waals surface area contributed by atoms with Crippen LogP contribution in [-0.2, 0) is 0 Å². The third-order valence-corrected chi connectivity index (χ3v) is 3.76. The summed E-state index contributed by atoms with van der Waals surface area (Å²) in [7, 11) is 0. The zero-order chi connectivity index (χ0) is 8.39. The van der Waals surface area contributed by atoms with Crippen LogP contribution in [0.1, 0.15) is 30.7 Å². The van der Waals surface area contributed by atoms with Gasteiger partial charge >= 0.3 is 0 Å². The molecule has 0 saturated heterocycles. The molecule has 0 amide bonds. The Balaban J connectivity index is 2.19. The highest BCUT2D eigenvalue weighted by molar-refractivity contribution is 9.09. The summed E-state index contributed by atoms with van der Waals surface area (Å²) in [4.78, 5) is 0.708. The second-order valence-electron chi connectivity index (χ2n) is 3.46. The van der Waals surface area contributed by atoms with E-state index >= 15 is 0 Å². The Bertz CT molecular complexity index is 242. The molecule has 1 aromatic carbocycles. The smallest absolute Gasteiger partial charge is 0.0214 e. The van der Waals surface area contributed by atoms with E-state index in [1.54, 1.807) is 0 Å². The molecule has 0 radical (unpaired) electrons. The van der Waals surface area contributed by atoms with Crippen LogP contribution in [0.4, 0.5) is 0 Å². The fourth-order valence-corrected chi connectivity index (χ4v) is 2.88. The van der Waals surface area contributed by atoms with Crippen LogP contribution in [0.15, 0.2) is 30.3 Å². The zero-order valence-electron chi connectivity index (χ0n) is 7.04. The van der Waals surface area contributed by atoms with Crippen molar-refractivity contribution < 1.29 is 0 Å². The molecule has 0 bridgehead atoms. The quantitative estimate of drug-likeness (QED) is 0.639. The van der Waals surface area contributed by atoms with E-state index in [2.05, 4.69) is 46.3 Å². The standard InChI is InChI=1S/C11H13Br/c12-11-8-4-7-10(11)9-5-2-1-3-6-9/h1-3,5-6,10-11H,4,7-8H2/t10-,11-/m0/s1. The maximum atomic E-state index is 3.74. The first kappa shape index (κ1) is 8.31. The lowest BCUT2D eigenvalue weighted by molar-refractivity contribution is 0.743. The molecule has 12 heavy (non-hydrogen) atoms. The summed E-state index contributed by atoms with van der Waals surface area (Å²) in [5.74, 6) is 0.756. The van der Waals surface area contributed by atoms with Gasteiger partial charge in [-0.15, -0.1) is 0 Å². The van der Waals surface area contributed by atoms with Gasteiger partial charge < -0.3 is 0 Å². The van der Waals surface area contributed by atoms with Crippen molar-refractivity contribution in [2.45, 2.75) is 30.0 Å². The molecule has 64 valence electrons. The molecule has 0 aromatic heterocycles. The van der Waals surface area contributed by atoms with Crippen molar-refractivity contribution in [1.82, 2.24) is 0 Å². The van der Waals surface area contributed by atoms with Crippen molar-refractivity contribution in [3.63, 3.8) is 0 Å². The molecule has 1 heteroatoms. The van der Waals surface area contributed by atoms with E-state index in [0.29, 0.717) is 4.83 Å². The fraction of sp³-hybridized carbons (Fsp3) is 0.455. The first-order valence-corrected chi connectivity index (χ1v) is 5.48. The lowest BCUT2D eigenvalue weighted by Crippen LogP contribution is -2.03. The van der Waals surface area contributed by atoms with Crippen LogP contribution in [-0.4, -0.2) is 4.83 Å². The first-order valence-electron chi connectivity index (χ1n) is 4.57. The van der Waals surface area contributed by atoms with Gasteiger partial charge in [0.15, 0.2) is 0 Å². The Morgan fingerprint density at radius 2 is 1.83 bits per heavy atom. The van der Waals surface area contributed by atoms with Crippen molar-refractivity contribution >= 4 is 15.9 Å². The number of rotatable bonds is 1. The SMILES string of the molecule is Br[C@H]1CCC[C@H]1c1ccccc1. The van der Waals surface area contributed by atoms with Gasteiger partial charge in [0.05, 0.1) is 0 Å². The first-order chi connectivity index (χ1) is 5.88. The number of benzene rings is 1. The van der Waals surface area contributed by atoms with Crippen LogP contribution in [0, 0.1) is 0 Å². The normalized spacial score (nSPS) is 29.1. The topological polar surface area (TPSA) is 0 Å². The van der Waals surface area contributed by atoms with Crippen LogP contribution in [0.3, 0.4) is 0 Å². The second kappa shape index (κ2) is 3.61. The lowest BCUT2D eigenvalue weighted by Gasteiger charge is -2.13. The van der Waals surface area contributed by atoms with Crippen molar-refractivity contribution in [3.05, 3.63) is 35.9 Å². The van der Waals surface area contributed by atoms with Gasteiger partial charge in [0.25, 0.3) is 0 Å². The predicted molar refractivity (Wildman–Crippen MR) is 55.7 cm³/mol. The third-order valence-electron chi connectivity index (χ3n) is 2.66. The predicted octanol–water partition coefficient (Wildman–Crippen LogP) is 3.72. The summed E-state index contributed by atoms with van der Waals surface area (Å²) in [6.45, 7) is 0. The Kier molecular flexibility index (Phi) is 2.50. The molecule has 1 aliphatic rings. The molecule has 0 nitrogen and oxygen atoms in total. The van der Waals surface area contributed by atoms with Crippen LogP contribution in [0.5, 0.6) is 0 Å². The molecule has 1 aliphatic carbocycles. The second-order valence-corrected chi connectivity index (χ2v) is 4.64.